The standard InChI is InChI=1S/C14H19N5O/c1-10(15)5-6-13(20)18-12-4-3-7-17-14(12)19-9-8-16-11(19)2/h3-4,7-10H,5-6,15H2,1-2H3,(H,18,20). The van der Waals surface area contributed by atoms with Crippen molar-refractivity contribution in [2.24, 2.45) is 5.73 Å². The highest BCUT2D eigenvalue weighted by Gasteiger charge is 2.11. The predicted octanol–water partition coefficient (Wildman–Crippen LogP) is 1.64. The first-order chi connectivity index (χ1) is 9.58. The van der Waals surface area contributed by atoms with Gasteiger partial charge >= 0.3 is 0 Å². The van der Waals surface area contributed by atoms with E-state index in [1.165, 1.54) is 0 Å². The van der Waals surface area contributed by atoms with Gasteiger partial charge in [0, 0.05) is 31.1 Å². The summed E-state index contributed by atoms with van der Waals surface area (Å²) in [6.45, 7) is 3.77. The molecule has 2 rings (SSSR count). The molecule has 0 aliphatic carbocycles. The molecule has 1 amide bonds. The van der Waals surface area contributed by atoms with E-state index in [2.05, 4.69) is 15.3 Å². The van der Waals surface area contributed by atoms with Gasteiger partial charge in [0.15, 0.2) is 5.82 Å². The largest absolute Gasteiger partial charge is 0.328 e. The van der Waals surface area contributed by atoms with Crippen LogP contribution in [0.1, 0.15) is 25.6 Å². The summed E-state index contributed by atoms with van der Waals surface area (Å²) < 4.78 is 1.83. The highest BCUT2D eigenvalue weighted by Crippen LogP contribution is 2.18. The topological polar surface area (TPSA) is 85.8 Å². The summed E-state index contributed by atoms with van der Waals surface area (Å²) in [5.41, 5.74) is 6.33. The number of carbonyl (C=O) groups excluding carboxylic acids is 1. The first kappa shape index (κ1) is 14.2. The lowest BCUT2D eigenvalue weighted by atomic mass is 10.2. The highest BCUT2D eigenvalue weighted by atomic mass is 16.1. The zero-order valence-corrected chi connectivity index (χ0v) is 11.7. The Labute approximate surface area is 118 Å². The van der Waals surface area contributed by atoms with Gasteiger partial charge in [-0.15, -0.1) is 0 Å². The number of aromatic nitrogens is 3. The van der Waals surface area contributed by atoms with Crippen molar-refractivity contribution in [1.82, 2.24) is 14.5 Å². The molecular weight excluding hydrogens is 254 g/mol. The summed E-state index contributed by atoms with van der Waals surface area (Å²) in [7, 11) is 0. The molecule has 0 aliphatic rings. The van der Waals surface area contributed by atoms with Crippen LogP contribution in [0.4, 0.5) is 5.69 Å². The van der Waals surface area contributed by atoms with Crippen molar-refractivity contribution in [3.8, 4) is 5.82 Å². The minimum Gasteiger partial charge on any atom is -0.328 e. The van der Waals surface area contributed by atoms with E-state index in [0.717, 1.165) is 5.82 Å². The molecule has 2 heterocycles. The Morgan fingerprint density at radius 3 is 2.90 bits per heavy atom. The number of anilines is 1. The van der Waals surface area contributed by atoms with Gasteiger partial charge in [-0.3, -0.25) is 9.36 Å². The molecule has 2 aromatic rings. The molecule has 1 atom stereocenters. The lowest BCUT2D eigenvalue weighted by Gasteiger charge is -2.12. The Bertz CT molecular complexity index is 591. The maximum absolute atomic E-state index is 11.9. The van der Waals surface area contributed by atoms with Crippen molar-refractivity contribution in [3.05, 3.63) is 36.5 Å². The van der Waals surface area contributed by atoms with Crippen molar-refractivity contribution in [3.63, 3.8) is 0 Å². The smallest absolute Gasteiger partial charge is 0.224 e. The molecule has 6 heteroatoms. The number of hydrogen-bond acceptors (Lipinski definition) is 4. The van der Waals surface area contributed by atoms with Crippen LogP contribution < -0.4 is 11.1 Å². The van der Waals surface area contributed by atoms with Gasteiger partial charge in [0.2, 0.25) is 5.91 Å². The molecule has 0 radical (unpaired) electrons. The number of carbonyl (C=O) groups is 1. The molecule has 0 bridgehead atoms. The summed E-state index contributed by atoms with van der Waals surface area (Å²) in [6, 6.07) is 3.63. The van der Waals surface area contributed by atoms with E-state index in [1.54, 1.807) is 18.5 Å². The van der Waals surface area contributed by atoms with E-state index < -0.39 is 0 Å². The zero-order chi connectivity index (χ0) is 14.5. The maximum atomic E-state index is 11.9. The molecule has 0 aliphatic heterocycles. The third kappa shape index (κ3) is 3.42. The molecule has 0 aromatic carbocycles. The van der Waals surface area contributed by atoms with Crippen LogP contribution >= 0.6 is 0 Å². The Hall–Kier alpha value is -2.21. The lowest BCUT2D eigenvalue weighted by molar-refractivity contribution is -0.116. The van der Waals surface area contributed by atoms with Crippen molar-refractivity contribution in [2.75, 3.05) is 5.32 Å². The Morgan fingerprint density at radius 1 is 1.45 bits per heavy atom. The quantitative estimate of drug-likeness (QED) is 0.867. The lowest BCUT2D eigenvalue weighted by Crippen LogP contribution is -2.20. The first-order valence-electron chi connectivity index (χ1n) is 6.58. The molecule has 106 valence electrons. The Balaban J connectivity index is 2.17. The fourth-order valence-corrected chi connectivity index (χ4v) is 1.86. The monoisotopic (exact) mass is 273 g/mol. The molecule has 3 N–H and O–H groups in total. The Kier molecular flexibility index (Phi) is 4.47. The number of hydrogen-bond donors (Lipinski definition) is 2. The van der Waals surface area contributed by atoms with Crippen LogP contribution in [-0.4, -0.2) is 26.5 Å². The molecule has 0 fully saturated rings. The van der Waals surface area contributed by atoms with Gasteiger partial charge in [0.05, 0.1) is 5.69 Å². The van der Waals surface area contributed by atoms with Crippen molar-refractivity contribution in [2.45, 2.75) is 32.7 Å². The zero-order valence-electron chi connectivity index (χ0n) is 11.7. The summed E-state index contributed by atoms with van der Waals surface area (Å²) in [5, 5.41) is 2.88. The molecule has 0 saturated carbocycles. The number of nitrogens with one attached hydrogen (secondary N) is 1. The van der Waals surface area contributed by atoms with Crippen molar-refractivity contribution >= 4 is 11.6 Å². The first-order valence-corrected chi connectivity index (χ1v) is 6.58. The molecule has 1 unspecified atom stereocenters. The molecule has 0 saturated heterocycles. The van der Waals surface area contributed by atoms with Crippen molar-refractivity contribution in [1.29, 1.82) is 0 Å². The second-order valence-corrected chi connectivity index (χ2v) is 4.78. The normalized spacial score (nSPS) is 12.2. The average molecular weight is 273 g/mol. The fourth-order valence-electron chi connectivity index (χ4n) is 1.86. The highest BCUT2D eigenvalue weighted by molar-refractivity contribution is 5.92. The number of amides is 1. The molecular formula is C14H19N5O. The molecule has 0 spiro atoms. The molecule has 20 heavy (non-hydrogen) atoms. The summed E-state index contributed by atoms with van der Waals surface area (Å²) in [5.74, 6) is 1.42. The van der Waals surface area contributed by atoms with E-state index in [0.29, 0.717) is 24.3 Å². The van der Waals surface area contributed by atoms with Gasteiger partial charge in [-0.2, -0.15) is 0 Å². The second-order valence-electron chi connectivity index (χ2n) is 4.78. The predicted molar refractivity (Wildman–Crippen MR) is 77.6 cm³/mol. The SMILES string of the molecule is Cc1nccn1-c1ncccc1NC(=O)CCC(C)N. The third-order valence-electron chi connectivity index (χ3n) is 2.94. The van der Waals surface area contributed by atoms with Gasteiger partial charge in [0.1, 0.15) is 5.82 Å². The van der Waals surface area contributed by atoms with Gasteiger partial charge in [-0.25, -0.2) is 9.97 Å². The fraction of sp³-hybridized carbons (Fsp3) is 0.357. The van der Waals surface area contributed by atoms with Crippen LogP contribution in [0.5, 0.6) is 0 Å². The van der Waals surface area contributed by atoms with Crippen LogP contribution in [0, 0.1) is 6.92 Å². The van der Waals surface area contributed by atoms with Crippen LogP contribution in [-0.2, 0) is 4.79 Å². The van der Waals surface area contributed by atoms with Gasteiger partial charge in [-0.1, -0.05) is 0 Å². The Morgan fingerprint density at radius 2 is 2.25 bits per heavy atom. The van der Waals surface area contributed by atoms with E-state index in [4.69, 9.17) is 5.73 Å². The van der Waals surface area contributed by atoms with E-state index in [-0.39, 0.29) is 11.9 Å². The minimum absolute atomic E-state index is 0.0185. The average Bonchev–Trinajstić information content (AvgIpc) is 2.83. The van der Waals surface area contributed by atoms with Gasteiger partial charge < -0.3 is 11.1 Å². The number of pyridine rings is 1. The summed E-state index contributed by atoms with van der Waals surface area (Å²) in [6.07, 6.45) is 6.26. The number of imidazole rings is 1. The number of aryl methyl sites for hydroxylation is 1. The number of rotatable bonds is 5. The van der Waals surface area contributed by atoms with Crippen LogP contribution in [0.2, 0.25) is 0 Å². The third-order valence-corrected chi connectivity index (χ3v) is 2.94. The molecule has 6 nitrogen and oxygen atoms in total. The molecule has 2 aromatic heterocycles. The summed E-state index contributed by atoms with van der Waals surface area (Å²) >= 11 is 0. The maximum Gasteiger partial charge on any atom is 0.224 e. The minimum atomic E-state index is -0.0608. The van der Waals surface area contributed by atoms with Crippen molar-refractivity contribution < 1.29 is 4.79 Å². The van der Waals surface area contributed by atoms with Crippen LogP contribution in [0.15, 0.2) is 30.7 Å². The van der Waals surface area contributed by atoms with E-state index >= 15 is 0 Å². The number of nitrogens with zero attached hydrogens (tertiary/aromatic N) is 3. The second kappa shape index (κ2) is 6.29. The van der Waals surface area contributed by atoms with Gasteiger partial charge in [0.25, 0.3) is 0 Å². The van der Waals surface area contributed by atoms with Gasteiger partial charge in [-0.05, 0) is 32.4 Å². The van der Waals surface area contributed by atoms with Crippen LogP contribution in [0.3, 0.4) is 0 Å². The summed E-state index contributed by atoms with van der Waals surface area (Å²) in [4.78, 5) is 20.4. The van der Waals surface area contributed by atoms with E-state index in [9.17, 15) is 4.79 Å². The van der Waals surface area contributed by atoms with Crippen LogP contribution in [0.25, 0.3) is 5.82 Å². The van der Waals surface area contributed by atoms with E-state index in [1.807, 2.05) is 30.7 Å². The number of nitrogens with two attached hydrogens (primary N) is 1.